The molecule has 2 aliphatic heterocycles. The van der Waals surface area contributed by atoms with Crippen LogP contribution in [0.2, 0.25) is 0 Å². The van der Waals surface area contributed by atoms with Gasteiger partial charge < -0.3 is 30.5 Å². The molecule has 11 nitrogen and oxygen atoms in total. The summed E-state index contributed by atoms with van der Waals surface area (Å²) in [4.78, 5) is 11.6. The molecule has 2 aliphatic rings. The standard InChI is InChI=1S/C15H19NO10S/c1-9(18)16-14-12(19)13(20,7-10-5-3-2-4-6-10)11(8-17)24-15(14,21)26-27(22,23)25-14/h2-6,11-12,17,19-21H,7-8H2,1H3,(H,16,18)/t11-,12+,13-,14+,15-/m1/s1. The number of rotatable bonds is 4. The predicted octanol–water partition coefficient (Wildman–Crippen LogP) is -2.52. The SMILES string of the molecule is CC(=O)N[C@@]12OS(=O)(=O)O[C@]1(O)O[C@H](CO)[C@](O)(Cc1ccccc1)[C@@H]2O. The fraction of sp³-hybridized carbons (Fsp3) is 0.533. The summed E-state index contributed by atoms with van der Waals surface area (Å²) in [5, 5.41) is 44.1. The van der Waals surface area contributed by atoms with Crippen LogP contribution in [0.25, 0.3) is 0 Å². The third-order valence-corrected chi connectivity index (χ3v) is 5.39. The van der Waals surface area contributed by atoms with Crippen LogP contribution in [0.15, 0.2) is 30.3 Å². The fourth-order valence-corrected chi connectivity index (χ4v) is 4.37. The second-order valence-corrected chi connectivity index (χ2v) is 7.57. The van der Waals surface area contributed by atoms with E-state index in [-0.39, 0.29) is 6.42 Å². The van der Waals surface area contributed by atoms with E-state index in [0.717, 1.165) is 6.92 Å². The molecule has 0 bridgehead atoms. The van der Waals surface area contributed by atoms with Gasteiger partial charge in [0.2, 0.25) is 5.91 Å². The number of aliphatic hydroxyl groups is 4. The smallest absolute Gasteiger partial charge is 0.394 e. The maximum absolute atomic E-state index is 11.8. The Balaban J connectivity index is 2.12. The van der Waals surface area contributed by atoms with Crippen LogP contribution in [-0.4, -0.2) is 70.9 Å². The molecule has 2 saturated heterocycles. The van der Waals surface area contributed by atoms with E-state index < -0.39 is 52.4 Å². The second-order valence-electron chi connectivity index (χ2n) is 6.42. The minimum absolute atomic E-state index is 0.332. The van der Waals surface area contributed by atoms with E-state index in [1.54, 1.807) is 30.3 Å². The fourth-order valence-electron chi connectivity index (χ4n) is 3.34. The van der Waals surface area contributed by atoms with Gasteiger partial charge in [-0.15, -0.1) is 0 Å². The van der Waals surface area contributed by atoms with Crippen LogP contribution < -0.4 is 5.32 Å². The first-order valence-electron chi connectivity index (χ1n) is 7.88. The third-order valence-electron chi connectivity index (χ3n) is 4.49. The highest BCUT2D eigenvalue weighted by molar-refractivity contribution is 7.82. The van der Waals surface area contributed by atoms with Crippen LogP contribution in [0.3, 0.4) is 0 Å². The zero-order valence-electron chi connectivity index (χ0n) is 14.1. The maximum atomic E-state index is 11.8. The number of hydrogen-bond donors (Lipinski definition) is 5. The third kappa shape index (κ3) is 3.13. The minimum atomic E-state index is -4.92. The monoisotopic (exact) mass is 405 g/mol. The summed E-state index contributed by atoms with van der Waals surface area (Å²) in [6.45, 7) is 0.0484. The molecule has 0 saturated carbocycles. The number of carbonyl (C=O) groups excluding carboxylic acids is 1. The molecule has 0 spiro atoms. The average Bonchev–Trinajstić information content (AvgIpc) is 2.77. The van der Waals surface area contributed by atoms with Crippen LogP contribution in [0, 0.1) is 0 Å². The zero-order valence-corrected chi connectivity index (χ0v) is 14.9. The van der Waals surface area contributed by atoms with E-state index >= 15 is 0 Å². The predicted molar refractivity (Wildman–Crippen MR) is 85.6 cm³/mol. The Kier molecular flexibility index (Phi) is 4.81. The highest BCUT2D eigenvalue weighted by atomic mass is 32.3. The number of nitrogens with one attached hydrogen (secondary N) is 1. The molecule has 0 aliphatic carbocycles. The van der Waals surface area contributed by atoms with Gasteiger partial charge in [0, 0.05) is 13.3 Å². The zero-order chi connectivity index (χ0) is 20.1. The molecule has 2 fully saturated rings. The van der Waals surface area contributed by atoms with Crippen LogP contribution in [0.5, 0.6) is 0 Å². The molecular weight excluding hydrogens is 386 g/mol. The quantitative estimate of drug-likeness (QED) is 0.360. The Labute approximate surface area is 154 Å². The van der Waals surface area contributed by atoms with E-state index in [2.05, 4.69) is 8.37 Å². The highest BCUT2D eigenvalue weighted by Crippen LogP contribution is 2.49. The van der Waals surface area contributed by atoms with E-state index in [1.165, 1.54) is 0 Å². The number of amides is 1. The topological polar surface area (TPSA) is 172 Å². The Morgan fingerprint density at radius 3 is 2.41 bits per heavy atom. The molecule has 27 heavy (non-hydrogen) atoms. The highest BCUT2D eigenvalue weighted by Gasteiger charge is 2.78. The molecule has 5 N–H and O–H groups in total. The van der Waals surface area contributed by atoms with Crippen molar-refractivity contribution in [2.24, 2.45) is 0 Å². The number of carbonyl (C=O) groups is 1. The lowest BCUT2D eigenvalue weighted by Crippen LogP contribution is -2.82. The molecule has 0 aromatic heterocycles. The van der Waals surface area contributed by atoms with Gasteiger partial charge in [0.25, 0.3) is 5.72 Å². The van der Waals surface area contributed by atoms with Crippen molar-refractivity contribution in [2.75, 3.05) is 6.61 Å². The molecule has 1 amide bonds. The van der Waals surface area contributed by atoms with Gasteiger partial charge in [-0.05, 0) is 5.56 Å². The second kappa shape index (κ2) is 6.46. The first-order chi connectivity index (χ1) is 12.5. The van der Waals surface area contributed by atoms with Gasteiger partial charge in [-0.3, -0.25) is 4.79 Å². The number of benzene rings is 1. The van der Waals surface area contributed by atoms with Crippen molar-refractivity contribution in [3.63, 3.8) is 0 Å². The van der Waals surface area contributed by atoms with Crippen molar-refractivity contribution in [3.05, 3.63) is 35.9 Å². The van der Waals surface area contributed by atoms with Gasteiger partial charge >= 0.3 is 16.4 Å². The molecule has 12 heteroatoms. The first-order valence-corrected chi connectivity index (χ1v) is 9.22. The van der Waals surface area contributed by atoms with E-state index in [9.17, 15) is 33.6 Å². The van der Waals surface area contributed by atoms with Gasteiger partial charge in [-0.1, -0.05) is 30.3 Å². The number of ether oxygens (including phenoxy) is 1. The van der Waals surface area contributed by atoms with E-state index in [0.29, 0.717) is 5.56 Å². The van der Waals surface area contributed by atoms with Gasteiger partial charge in [0.1, 0.15) is 17.8 Å². The molecule has 5 atom stereocenters. The number of aliphatic hydroxyl groups excluding tert-OH is 2. The van der Waals surface area contributed by atoms with Gasteiger partial charge in [-0.2, -0.15) is 12.6 Å². The summed E-state index contributed by atoms with van der Waals surface area (Å²) < 4.78 is 37.7. The summed E-state index contributed by atoms with van der Waals surface area (Å²) in [6.07, 6.45) is -4.29. The number of hydrogen-bond acceptors (Lipinski definition) is 10. The lowest BCUT2D eigenvalue weighted by molar-refractivity contribution is -0.449. The van der Waals surface area contributed by atoms with E-state index in [1.807, 2.05) is 5.32 Å². The molecule has 2 heterocycles. The van der Waals surface area contributed by atoms with Gasteiger partial charge in [0.05, 0.1) is 6.61 Å². The normalized spacial score (nSPS) is 40.3. The summed E-state index contributed by atoms with van der Waals surface area (Å²) in [7, 11) is -4.92. The molecule has 150 valence electrons. The Bertz CT molecular complexity index is 832. The molecular formula is C15H19NO10S. The molecule has 1 aromatic rings. The van der Waals surface area contributed by atoms with Crippen molar-refractivity contribution in [1.82, 2.24) is 5.32 Å². The van der Waals surface area contributed by atoms with Crippen molar-refractivity contribution in [1.29, 1.82) is 0 Å². The summed E-state index contributed by atoms with van der Waals surface area (Å²) in [5.74, 6) is -4.13. The summed E-state index contributed by atoms with van der Waals surface area (Å²) in [6, 6.07) is 8.23. The van der Waals surface area contributed by atoms with Crippen molar-refractivity contribution >= 4 is 16.3 Å². The van der Waals surface area contributed by atoms with Crippen molar-refractivity contribution < 1.29 is 46.7 Å². The van der Waals surface area contributed by atoms with Crippen molar-refractivity contribution in [3.8, 4) is 0 Å². The molecule has 3 rings (SSSR count). The average molecular weight is 405 g/mol. The van der Waals surface area contributed by atoms with Crippen LogP contribution >= 0.6 is 0 Å². The van der Waals surface area contributed by atoms with Gasteiger partial charge in [-0.25, -0.2) is 4.18 Å². The molecule has 1 aromatic carbocycles. The lowest BCUT2D eigenvalue weighted by Gasteiger charge is -2.53. The van der Waals surface area contributed by atoms with Crippen molar-refractivity contribution in [2.45, 2.75) is 42.9 Å². The maximum Gasteiger partial charge on any atom is 0.407 e. The van der Waals surface area contributed by atoms with Crippen LogP contribution in [-0.2, 0) is 34.7 Å². The number of fused-ring (bicyclic) bond motifs is 1. The van der Waals surface area contributed by atoms with E-state index in [4.69, 9.17) is 4.74 Å². The van der Waals surface area contributed by atoms with Crippen LogP contribution in [0.4, 0.5) is 0 Å². The summed E-state index contributed by atoms with van der Waals surface area (Å²) >= 11 is 0. The first kappa shape index (κ1) is 20.1. The Morgan fingerprint density at radius 1 is 1.22 bits per heavy atom. The Morgan fingerprint density at radius 2 is 1.85 bits per heavy atom. The molecule has 0 radical (unpaired) electrons. The summed E-state index contributed by atoms with van der Waals surface area (Å²) in [5.41, 5.74) is -4.77. The molecule has 0 unspecified atom stereocenters. The lowest BCUT2D eigenvalue weighted by atomic mass is 9.76. The van der Waals surface area contributed by atoms with Gasteiger partial charge in [0.15, 0.2) is 0 Å². The Hall–Kier alpha value is -1.64. The minimum Gasteiger partial charge on any atom is -0.394 e. The van der Waals surface area contributed by atoms with Crippen LogP contribution in [0.1, 0.15) is 12.5 Å². The largest absolute Gasteiger partial charge is 0.407 e.